The van der Waals surface area contributed by atoms with E-state index < -0.39 is 17.0 Å². The van der Waals surface area contributed by atoms with E-state index in [0.29, 0.717) is 0 Å². The molecule has 0 aromatic rings. The van der Waals surface area contributed by atoms with Crippen LogP contribution in [0.15, 0.2) is 0 Å². The summed E-state index contributed by atoms with van der Waals surface area (Å²) >= 11 is -0.556. The average Bonchev–Trinajstić information content (AvgIpc) is 2.44. The Kier molecular flexibility index (Phi) is 35.9. The number of hydrogen-bond donors (Lipinski definition) is 0. The molecule has 1 fully saturated rings. The fourth-order valence-electron chi connectivity index (χ4n) is 0.884. The van der Waals surface area contributed by atoms with Gasteiger partial charge in [-0.3, -0.25) is 0 Å². The maximum atomic E-state index is 4.89. The molecule has 0 spiro atoms. The number of halogens is 2. The van der Waals surface area contributed by atoms with E-state index in [-0.39, 0.29) is 7.43 Å². The Bertz CT molecular complexity index is 42.7. The summed E-state index contributed by atoms with van der Waals surface area (Å²) in [6.45, 7) is 0. The molecule has 1 rings (SSSR count). The fourth-order valence-corrected chi connectivity index (χ4v) is 0.884. The first kappa shape index (κ1) is 18.9. The zero-order chi connectivity index (χ0) is 8.95. The van der Waals surface area contributed by atoms with Gasteiger partial charge in [0.15, 0.2) is 0 Å². The van der Waals surface area contributed by atoms with Gasteiger partial charge in [-0.1, -0.05) is 32.1 Å². The van der Waals surface area contributed by atoms with Crippen molar-refractivity contribution in [2.75, 3.05) is 14.1 Å². The molecule has 0 atom stereocenters. The Morgan fingerprint density at radius 1 is 0.917 bits per heavy atom. The molecule has 1 aliphatic rings. The van der Waals surface area contributed by atoms with Crippen molar-refractivity contribution in [1.82, 2.24) is 0 Å². The van der Waals surface area contributed by atoms with Crippen LogP contribution < -0.4 is 0 Å². The zero-order valence-corrected chi connectivity index (χ0v) is 11.3. The van der Waals surface area contributed by atoms with Crippen molar-refractivity contribution in [1.29, 1.82) is 0 Å². The van der Waals surface area contributed by atoms with Gasteiger partial charge in [0.2, 0.25) is 0 Å². The van der Waals surface area contributed by atoms with Gasteiger partial charge >= 0.3 is 35.6 Å². The molecule has 0 radical (unpaired) electrons. The first-order valence-electron chi connectivity index (χ1n) is 3.77. The first-order valence-corrected chi connectivity index (χ1v) is 8.07. The van der Waals surface area contributed by atoms with Gasteiger partial charge in [0.05, 0.1) is 0 Å². The predicted octanol–water partition coefficient (Wildman–Crippen LogP) is 4.40. The van der Waals surface area contributed by atoms with Crippen LogP contribution in [-0.2, 0) is 17.0 Å². The van der Waals surface area contributed by atoms with Crippen molar-refractivity contribution in [2.24, 2.45) is 0 Å². The molecule has 0 aromatic heterocycles. The minimum atomic E-state index is -0.556. The molecule has 1 saturated carbocycles. The summed E-state index contributed by atoms with van der Waals surface area (Å²) in [6.07, 6.45) is 7.50. The van der Waals surface area contributed by atoms with Crippen molar-refractivity contribution in [3.63, 3.8) is 0 Å². The predicted molar refractivity (Wildman–Crippen MR) is 56.4 cm³/mol. The number of hydrogen-bond acceptors (Lipinski definition) is 0. The van der Waals surface area contributed by atoms with Crippen LogP contribution in [0.3, 0.4) is 0 Å². The Morgan fingerprint density at radius 3 is 1.08 bits per heavy atom. The SMILES string of the molecule is C1CCCC1.C[N-]C.[CH3-].[Cl][Ti][Cl]. The van der Waals surface area contributed by atoms with E-state index in [2.05, 4.69) is 5.32 Å². The van der Waals surface area contributed by atoms with Gasteiger partial charge in [0.1, 0.15) is 0 Å². The summed E-state index contributed by atoms with van der Waals surface area (Å²) in [5, 5.41) is 3.50. The summed E-state index contributed by atoms with van der Waals surface area (Å²) in [4.78, 5) is 0. The molecule has 0 N–H and O–H groups in total. The van der Waals surface area contributed by atoms with Crippen LogP contribution in [0.4, 0.5) is 0 Å². The quantitative estimate of drug-likeness (QED) is 0.445. The van der Waals surface area contributed by atoms with Crippen molar-refractivity contribution in [3.05, 3.63) is 12.7 Å². The van der Waals surface area contributed by atoms with Crippen LogP contribution in [0.25, 0.3) is 5.32 Å². The number of rotatable bonds is 0. The molecular formula is C8H19Cl2NTi-2. The second kappa shape index (κ2) is 22.8. The molecule has 0 aromatic carbocycles. The van der Waals surface area contributed by atoms with Gasteiger partial charge < -0.3 is 12.7 Å². The summed E-state index contributed by atoms with van der Waals surface area (Å²) in [6, 6.07) is 0. The Hall–Kier alpha value is 1.25. The van der Waals surface area contributed by atoms with E-state index in [0.717, 1.165) is 0 Å². The van der Waals surface area contributed by atoms with E-state index in [9.17, 15) is 0 Å². The third-order valence-corrected chi connectivity index (χ3v) is 1.25. The molecule has 0 amide bonds. The number of nitrogens with zero attached hydrogens (tertiary/aromatic N) is 1. The maximum absolute atomic E-state index is 4.89. The normalized spacial score (nSPS) is 12.7. The standard InChI is InChI=1S/C5H10.C2H6N.CH3.2ClH.Ti/c1-2-4-5-3-1;1-3-2;;;;/h1-5H2;1-2H3;1H3;2*1H;/q;2*-1;;;+2/p-2. The average molecular weight is 248 g/mol. The molecule has 1 nitrogen and oxygen atoms in total. The minimum absolute atomic E-state index is 0. The van der Waals surface area contributed by atoms with Crippen molar-refractivity contribution >= 4 is 18.6 Å². The zero-order valence-electron chi connectivity index (χ0n) is 8.24. The molecule has 4 heteroatoms. The van der Waals surface area contributed by atoms with Gasteiger partial charge in [-0.2, -0.15) is 14.1 Å². The molecule has 0 unspecified atom stereocenters. The van der Waals surface area contributed by atoms with Gasteiger partial charge in [-0.15, -0.1) is 0 Å². The molecule has 0 bridgehead atoms. The molecule has 0 aliphatic heterocycles. The molecule has 12 heavy (non-hydrogen) atoms. The second-order valence-corrected chi connectivity index (χ2v) is 4.87. The van der Waals surface area contributed by atoms with E-state index in [4.69, 9.17) is 18.6 Å². The molecule has 1 aliphatic carbocycles. The third kappa shape index (κ3) is 30.3. The van der Waals surface area contributed by atoms with E-state index in [1.165, 1.54) is 32.1 Å². The van der Waals surface area contributed by atoms with Gasteiger partial charge in [-0.05, 0) is 0 Å². The van der Waals surface area contributed by atoms with Crippen LogP contribution in [0.5, 0.6) is 0 Å². The Morgan fingerprint density at radius 2 is 1.00 bits per heavy atom. The van der Waals surface area contributed by atoms with Crippen LogP contribution in [0.1, 0.15) is 32.1 Å². The van der Waals surface area contributed by atoms with E-state index in [1.54, 1.807) is 14.1 Å². The van der Waals surface area contributed by atoms with Gasteiger partial charge in [0.25, 0.3) is 0 Å². The summed E-state index contributed by atoms with van der Waals surface area (Å²) in [7, 11) is 13.3. The molecular weight excluding hydrogens is 229 g/mol. The molecule has 76 valence electrons. The van der Waals surface area contributed by atoms with Crippen LogP contribution in [0, 0.1) is 7.43 Å². The topological polar surface area (TPSA) is 14.1 Å². The molecule has 0 saturated heterocycles. The van der Waals surface area contributed by atoms with E-state index in [1.807, 2.05) is 0 Å². The Balaban J connectivity index is -0.000000104. The summed E-state index contributed by atoms with van der Waals surface area (Å²) in [5.74, 6) is 0. The summed E-state index contributed by atoms with van der Waals surface area (Å²) < 4.78 is 0. The fraction of sp³-hybridized carbons (Fsp3) is 0.875. The second-order valence-electron chi connectivity index (χ2n) is 2.29. The van der Waals surface area contributed by atoms with Crippen LogP contribution in [0.2, 0.25) is 0 Å². The van der Waals surface area contributed by atoms with Crippen LogP contribution in [-0.4, -0.2) is 14.1 Å². The van der Waals surface area contributed by atoms with Crippen molar-refractivity contribution < 1.29 is 17.0 Å². The van der Waals surface area contributed by atoms with Crippen molar-refractivity contribution in [2.45, 2.75) is 32.1 Å². The van der Waals surface area contributed by atoms with Crippen LogP contribution >= 0.6 is 18.6 Å². The molecule has 0 heterocycles. The monoisotopic (exact) mass is 247 g/mol. The first-order chi connectivity index (χ1) is 5.33. The van der Waals surface area contributed by atoms with Crippen molar-refractivity contribution in [3.8, 4) is 0 Å². The third-order valence-electron chi connectivity index (χ3n) is 1.25. The summed E-state index contributed by atoms with van der Waals surface area (Å²) in [5.41, 5.74) is 0. The van der Waals surface area contributed by atoms with E-state index >= 15 is 0 Å². The van der Waals surface area contributed by atoms with Gasteiger partial charge in [0, 0.05) is 0 Å². The Labute approximate surface area is 94.3 Å². The van der Waals surface area contributed by atoms with Gasteiger partial charge in [-0.25, -0.2) is 0 Å².